The fraction of sp³-hybridized carbons (Fsp3) is 0.444. The molecule has 2 aromatic rings. The SMILES string of the molecule is OCC1CC(O)C[C@@]2(OCc3cc(Cl)c(Cc4cccs4)cc32)O1. The molecule has 0 saturated carbocycles. The maximum absolute atomic E-state index is 10.2. The van der Waals surface area contributed by atoms with Gasteiger partial charge in [0.25, 0.3) is 0 Å². The van der Waals surface area contributed by atoms with E-state index in [4.69, 9.17) is 21.1 Å². The average Bonchev–Trinajstić information content (AvgIpc) is 3.17. The van der Waals surface area contributed by atoms with Crippen molar-refractivity contribution in [3.05, 3.63) is 56.2 Å². The van der Waals surface area contributed by atoms with Gasteiger partial charge < -0.3 is 19.7 Å². The molecule has 4 nitrogen and oxygen atoms in total. The molecule has 1 fully saturated rings. The quantitative estimate of drug-likeness (QED) is 0.875. The van der Waals surface area contributed by atoms with Crippen LogP contribution in [0.1, 0.15) is 34.4 Å². The summed E-state index contributed by atoms with van der Waals surface area (Å²) in [6.45, 7) is 0.270. The molecule has 0 aliphatic carbocycles. The van der Waals surface area contributed by atoms with E-state index in [1.807, 2.05) is 23.6 Å². The number of ether oxygens (including phenoxy) is 2. The fourth-order valence-corrected chi connectivity index (χ4v) is 4.56. The summed E-state index contributed by atoms with van der Waals surface area (Å²) in [5.41, 5.74) is 2.93. The Kier molecular flexibility index (Phi) is 4.41. The molecule has 0 radical (unpaired) electrons. The molecule has 24 heavy (non-hydrogen) atoms. The molecule has 0 bridgehead atoms. The Labute approximate surface area is 149 Å². The van der Waals surface area contributed by atoms with E-state index in [0.717, 1.165) is 28.1 Å². The molecule has 1 spiro atoms. The van der Waals surface area contributed by atoms with Crippen molar-refractivity contribution in [3.63, 3.8) is 0 Å². The summed E-state index contributed by atoms with van der Waals surface area (Å²) in [6.07, 6.45) is 0.573. The summed E-state index contributed by atoms with van der Waals surface area (Å²) >= 11 is 8.15. The highest BCUT2D eigenvalue weighted by molar-refractivity contribution is 7.09. The minimum absolute atomic E-state index is 0.132. The van der Waals surface area contributed by atoms with Gasteiger partial charge in [-0.15, -0.1) is 11.3 Å². The molecule has 128 valence electrons. The first-order valence-corrected chi connectivity index (χ1v) is 9.30. The molecule has 3 heterocycles. The van der Waals surface area contributed by atoms with Gasteiger partial charge in [-0.3, -0.25) is 0 Å². The van der Waals surface area contributed by atoms with Crippen molar-refractivity contribution in [3.8, 4) is 0 Å². The van der Waals surface area contributed by atoms with E-state index in [0.29, 0.717) is 19.4 Å². The Morgan fingerprint density at radius 3 is 3.00 bits per heavy atom. The second kappa shape index (κ2) is 6.41. The van der Waals surface area contributed by atoms with Gasteiger partial charge in [0.15, 0.2) is 5.79 Å². The van der Waals surface area contributed by atoms with Gasteiger partial charge in [0.05, 0.1) is 25.4 Å². The summed E-state index contributed by atoms with van der Waals surface area (Å²) in [6, 6.07) is 8.09. The van der Waals surface area contributed by atoms with Gasteiger partial charge in [0.1, 0.15) is 0 Å². The molecular weight excluding hydrogens is 348 g/mol. The Hall–Kier alpha value is -0.950. The van der Waals surface area contributed by atoms with Crippen LogP contribution >= 0.6 is 22.9 Å². The fourth-order valence-electron chi connectivity index (χ4n) is 3.58. The van der Waals surface area contributed by atoms with Gasteiger partial charge in [-0.2, -0.15) is 0 Å². The van der Waals surface area contributed by atoms with Crippen LogP contribution in [0, 0.1) is 0 Å². The number of aliphatic hydroxyl groups is 2. The van der Waals surface area contributed by atoms with Crippen molar-refractivity contribution in [1.82, 2.24) is 0 Å². The molecule has 4 rings (SSSR count). The third kappa shape index (κ3) is 2.90. The molecule has 1 aromatic heterocycles. The third-order valence-electron chi connectivity index (χ3n) is 4.69. The van der Waals surface area contributed by atoms with Crippen LogP contribution in [0.3, 0.4) is 0 Å². The number of benzene rings is 1. The van der Waals surface area contributed by atoms with Crippen LogP contribution in [-0.2, 0) is 28.3 Å². The van der Waals surface area contributed by atoms with Crippen LogP contribution in [0.5, 0.6) is 0 Å². The largest absolute Gasteiger partial charge is 0.394 e. The molecule has 2 aliphatic rings. The molecule has 0 amide bonds. The Balaban J connectivity index is 1.71. The molecule has 1 aromatic carbocycles. The summed E-state index contributed by atoms with van der Waals surface area (Å²) < 4.78 is 12.0. The predicted molar refractivity (Wildman–Crippen MR) is 92.2 cm³/mol. The maximum atomic E-state index is 10.2. The summed E-state index contributed by atoms with van der Waals surface area (Å²) in [7, 11) is 0. The Morgan fingerprint density at radius 1 is 1.38 bits per heavy atom. The van der Waals surface area contributed by atoms with Crippen molar-refractivity contribution in [2.24, 2.45) is 0 Å². The zero-order valence-electron chi connectivity index (χ0n) is 13.1. The molecule has 1 saturated heterocycles. The highest BCUT2D eigenvalue weighted by Crippen LogP contribution is 2.46. The van der Waals surface area contributed by atoms with Crippen molar-refractivity contribution < 1.29 is 19.7 Å². The highest BCUT2D eigenvalue weighted by atomic mass is 35.5. The molecular formula is C18H19ClO4S. The number of hydrogen-bond acceptors (Lipinski definition) is 5. The standard InChI is InChI=1S/C18H19ClO4S/c19-17-6-12-10-22-18(8-13(21)7-14(9-20)23-18)16(12)5-11(17)4-15-2-1-3-24-15/h1-3,5-6,13-14,20-21H,4,7-10H2/t13?,14?,18-/m1/s1. The van der Waals surface area contributed by atoms with Crippen LogP contribution in [0.15, 0.2) is 29.6 Å². The number of thiophene rings is 1. The lowest BCUT2D eigenvalue weighted by Gasteiger charge is -2.40. The minimum atomic E-state index is -0.977. The van der Waals surface area contributed by atoms with Crippen LogP contribution in [-0.4, -0.2) is 29.0 Å². The van der Waals surface area contributed by atoms with Gasteiger partial charge in [-0.05, 0) is 34.7 Å². The van der Waals surface area contributed by atoms with Crippen molar-refractivity contribution in [2.45, 2.75) is 43.9 Å². The van der Waals surface area contributed by atoms with Crippen molar-refractivity contribution in [1.29, 1.82) is 0 Å². The zero-order chi connectivity index (χ0) is 16.7. The lowest BCUT2D eigenvalue weighted by atomic mass is 9.90. The van der Waals surface area contributed by atoms with Crippen molar-refractivity contribution >= 4 is 22.9 Å². The first-order valence-electron chi connectivity index (χ1n) is 8.04. The van der Waals surface area contributed by atoms with Gasteiger partial charge in [0.2, 0.25) is 0 Å². The van der Waals surface area contributed by atoms with Crippen molar-refractivity contribution in [2.75, 3.05) is 6.61 Å². The van der Waals surface area contributed by atoms with E-state index < -0.39 is 18.0 Å². The van der Waals surface area contributed by atoms with E-state index >= 15 is 0 Å². The molecule has 2 N–H and O–H groups in total. The Morgan fingerprint density at radius 2 is 2.25 bits per heavy atom. The maximum Gasteiger partial charge on any atom is 0.198 e. The minimum Gasteiger partial charge on any atom is -0.394 e. The second-order valence-electron chi connectivity index (χ2n) is 6.41. The monoisotopic (exact) mass is 366 g/mol. The first-order chi connectivity index (χ1) is 11.6. The number of aliphatic hydroxyl groups excluding tert-OH is 2. The lowest BCUT2D eigenvalue weighted by molar-refractivity contribution is -0.302. The topological polar surface area (TPSA) is 58.9 Å². The van der Waals surface area contributed by atoms with E-state index in [2.05, 4.69) is 6.07 Å². The molecule has 2 aliphatic heterocycles. The number of halogens is 1. The predicted octanol–water partition coefficient (Wildman–Crippen LogP) is 3.21. The van der Waals surface area contributed by atoms with Gasteiger partial charge >= 0.3 is 0 Å². The molecule has 2 unspecified atom stereocenters. The second-order valence-corrected chi connectivity index (χ2v) is 7.85. The number of fused-ring (bicyclic) bond motifs is 2. The lowest BCUT2D eigenvalue weighted by Crippen LogP contribution is -2.45. The molecule has 6 heteroatoms. The van der Waals surface area contributed by atoms with E-state index in [9.17, 15) is 10.2 Å². The van der Waals surface area contributed by atoms with Crippen LogP contribution in [0.2, 0.25) is 5.02 Å². The van der Waals surface area contributed by atoms with E-state index in [1.54, 1.807) is 11.3 Å². The zero-order valence-corrected chi connectivity index (χ0v) is 14.6. The van der Waals surface area contributed by atoms with Gasteiger partial charge in [-0.1, -0.05) is 17.7 Å². The summed E-state index contributed by atoms with van der Waals surface area (Å²) in [5, 5.41) is 22.4. The first kappa shape index (κ1) is 16.5. The van der Waals surface area contributed by atoms with Crippen LogP contribution < -0.4 is 0 Å². The smallest absolute Gasteiger partial charge is 0.198 e. The number of rotatable bonds is 3. The van der Waals surface area contributed by atoms with E-state index in [-0.39, 0.29) is 6.61 Å². The van der Waals surface area contributed by atoms with E-state index in [1.165, 1.54) is 4.88 Å². The number of hydrogen-bond donors (Lipinski definition) is 2. The third-order valence-corrected chi connectivity index (χ3v) is 5.92. The molecule has 3 atom stereocenters. The average molecular weight is 367 g/mol. The van der Waals surface area contributed by atoms with Crippen LogP contribution in [0.4, 0.5) is 0 Å². The Bertz CT molecular complexity index is 733. The summed E-state index contributed by atoms with van der Waals surface area (Å²) in [4.78, 5) is 1.24. The summed E-state index contributed by atoms with van der Waals surface area (Å²) in [5.74, 6) is -0.977. The van der Waals surface area contributed by atoms with Gasteiger partial charge in [0, 0.05) is 34.7 Å². The highest BCUT2D eigenvalue weighted by Gasteiger charge is 2.48. The van der Waals surface area contributed by atoms with Crippen LogP contribution in [0.25, 0.3) is 0 Å². The van der Waals surface area contributed by atoms with Gasteiger partial charge in [-0.25, -0.2) is 0 Å². The normalized spacial score (nSPS) is 29.1.